The molecule has 0 heterocycles. The lowest BCUT2D eigenvalue weighted by molar-refractivity contribution is -0.136. The maximum atomic E-state index is 15.4. The van der Waals surface area contributed by atoms with Crippen molar-refractivity contribution in [1.29, 1.82) is 0 Å². The normalized spacial score (nSPS) is 20.0. The van der Waals surface area contributed by atoms with E-state index in [4.69, 9.17) is 0 Å². The highest BCUT2D eigenvalue weighted by Gasteiger charge is 2.42. The van der Waals surface area contributed by atoms with Crippen LogP contribution in [0.1, 0.15) is 6.42 Å². The molecule has 1 aromatic carbocycles. The van der Waals surface area contributed by atoms with E-state index < -0.39 is 37.9 Å². The quantitative estimate of drug-likeness (QED) is 0.363. The van der Waals surface area contributed by atoms with Gasteiger partial charge < -0.3 is 10.1 Å². The van der Waals surface area contributed by atoms with E-state index in [9.17, 15) is 13.6 Å². The van der Waals surface area contributed by atoms with Gasteiger partial charge in [0.1, 0.15) is 13.9 Å². The molecule has 26 heavy (non-hydrogen) atoms. The first-order valence-electron chi connectivity index (χ1n) is 7.99. The standard InChI is InChI=1S/C19H20F3NO2Si/c1-25-18(24)14-10-13(8-9-26(2,3)4)17(21)19(22,12-14)23-16-7-5-6-15(20)11-16/h5-7,10-11,23H,12H2,1-4H3. The smallest absolute Gasteiger partial charge is 0.333 e. The second-order valence-corrected chi connectivity index (χ2v) is 11.8. The predicted octanol–water partition coefficient (Wildman–Crippen LogP) is 4.51. The highest BCUT2D eigenvalue weighted by molar-refractivity contribution is 6.83. The number of nitrogens with one attached hydrogen (secondary N) is 1. The Bertz CT molecular complexity index is 846. The van der Waals surface area contributed by atoms with E-state index in [0.29, 0.717) is 0 Å². The van der Waals surface area contributed by atoms with Crippen LogP contribution in [0.3, 0.4) is 0 Å². The Kier molecular flexibility index (Phi) is 5.67. The number of benzene rings is 1. The molecule has 0 fully saturated rings. The summed E-state index contributed by atoms with van der Waals surface area (Å²) in [6.45, 7) is 5.87. The van der Waals surface area contributed by atoms with Gasteiger partial charge in [0.15, 0.2) is 5.83 Å². The Balaban J connectivity index is 2.50. The van der Waals surface area contributed by atoms with Crippen molar-refractivity contribution in [2.24, 2.45) is 0 Å². The number of carbonyl (C=O) groups excluding carboxylic acids is 1. The van der Waals surface area contributed by atoms with Crippen LogP contribution in [0, 0.1) is 17.3 Å². The minimum absolute atomic E-state index is 0.0475. The van der Waals surface area contributed by atoms with Gasteiger partial charge >= 0.3 is 5.97 Å². The summed E-state index contributed by atoms with van der Waals surface area (Å²) in [6, 6.07) is 5.00. The van der Waals surface area contributed by atoms with Crippen LogP contribution in [-0.4, -0.2) is 26.9 Å². The lowest BCUT2D eigenvalue weighted by atomic mass is 9.92. The molecule has 0 saturated carbocycles. The molecule has 0 spiro atoms. The van der Waals surface area contributed by atoms with Gasteiger partial charge in [0.05, 0.1) is 12.7 Å². The van der Waals surface area contributed by atoms with Crippen LogP contribution in [0.15, 0.2) is 47.3 Å². The lowest BCUT2D eigenvalue weighted by Gasteiger charge is -2.30. The SMILES string of the molecule is COC(=O)C1=CC(C#C[Si](C)(C)C)=C(F)C(F)(Nc2cccc(F)c2)C1. The summed E-state index contributed by atoms with van der Waals surface area (Å²) in [6.07, 6.45) is 0.611. The van der Waals surface area contributed by atoms with E-state index in [2.05, 4.69) is 21.5 Å². The molecule has 7 heteroatoms. The van der Waals surface area contributed by atoms with Crippen LogP contribution < -0.4 is 5.32 Å². The number of allylic oxidation sites excluding steroid dienone is 2. The molecule has 0 radical (unpaired) electrons. The summed E-state index contributed by atoms with van der Waals surface area (Å²) < 4.78 is 48.3. The molecule has 1 aliphatic carbocycles. The topological polar surface area (TPSA) is 38.3 Å². The van der Waals surface area contributed by atoms with Gasteiger partial charge in [-0.05, 0) is 24.3 Å². The fourth-order valence-corrected chi connectivity index (χ4v) is 2.85. The number of esters is 1. The summed E-state index contributed by atoms with van der Waals surface area (Å²) in [5.41, 5.74) is 2.73. The number of anilines is 1. The molecule has 1 atom stereocenters. The van der Waals surface area contributed by atoms with Gasteiger partial charge in [0.2, 0.25) is 5.79 Å². The van der Waals surface area contributed by atoms with Crippen LogP contribution in [0.4, 0.5) is 18.9 Å². The number of hydrogen-bond donors (Lipinski definition) is 1. The molecule has 2 rings (SSSR count). The maximum Gasteiger partial charge on any atom is 0.333 e. The van der Waals surface area contributed by atoms with Crippen molar-refractivity contribution >= 4 is 19.7 Å². The molecule has 0 amide bonds. The van der Waals surface area contributed by atoms with Crippen molar-refractivity contribution in [2.75, 3.05) is 12.4 Å². The molecule has 1 unspecified atom stereocenters. The van der Waals surface area contributed by atoms with Crippen molar-refractivity contribution in [1.82, 2.24) is 0 Å². The third-order valence-corrected chi connectivity index (χ3v) is 4.40. The number of rotatable bonds is 3. The molecular weight excluding hydrogens is 359 g/mol. The van der Waals surface area contributed by atoms with Gasteiger partial charge in [-0.15, -0.1) is 5.54 Å². The Morgan fingerprint density at radius 2 is 2.00 bits per heavy atom. The zero-order chi connectivity index (χ0) is 19.5. The van der Waals surface area contributed by atoms with Gasteiger partial charge in [0.25, 0.3) is 0 Å². The minimum atomic E-state index is -2.73. The summed E-state index contributed by atoms with van der Waals surface area (Å²) >= 11 is 0. The molecule has 3 nitrogen and oxygen atoms in total. The Morgan fingerprint density at radius 3 is 2.58 bits per heavy atom. The van der Waals surface area contributed by atoms with Gasteiger partial charge in [-0.2, -0.15) is 0 Å². The summed E-state index contributed by atoms with van der Waals surface area (Å²) in [5, 5.41) is 2.34. The maximum absolute atomic E-state index is 15.4. The van der Waals surface area contributed by atoms with Crippen molar-refractivity contribution in [3.05, 3.63) is 53.1 Å². The highest BCUT2D eigenvalue weighted by atomic mass is 28.3. The van der Waals surface area contributed by atoms with E-state index in [0.717, 1.165) is 13.2 Å². The summed E-state index contributed by atoms with van der Waals surface area (Å²) in [5.74, 6) is -2.58. The van der Waals surface area contributed by atoms with Crippen LogP contribution in [0.2, 0.25) is 19.6 Å². The zero-order valence-corrected chi connectivity index (χ0v) is 16.0. The zero-order valence-electron chi connectivity index (χ0n) is 15.0. The summed E-state index contributed by atoms with van der Waals surface area (Å²) in [4.78, 5) is 11.9. The highest BCUT2D eigenvalue weighted by Crippen LogP contribution is 2.38. The summed E-state index contributed by atoms with van der Waals surface area (Å²) in [7, 11) is -0.698. The van der Waals surface area contributed by atoms with E-state index in [-0.39, 0.29) is 16.8 Å². The number of carbonyl (C=O) groups is 1. The average molecular weight is 379 g/mol. The Labute approximate surface area is 151 Å². The fraction of sp³-hybridized carbons (Fsp3) is 0.316. The van der Waals surface area contributed by atoms with Crippen molar-refractivity contribution in [2.45, 2.75) is 31.9 Å². The Hall–Kier alpha value is -2.46. The van der Waals surface area contributed by atoms with Crippen LogP contribution >= 0.6 is 0 Å². The van der Waals surface area contributed by atoms with Gasteiger partial charge in [-0.25, -0.2) is 18.0 Å². The molecule has 138 valence electrons. The van der Waals surface area contributed by atoms with Gasteiger partial charge in [0, 0.05) is 17.7 Å². The molecule has 0 aliphatic heterocycles. The van der Waals surface area contributed by atoms with Crippen molar-refractivity contribution < 1.29 is 22.7 Å². The molecule has 1 aliphatic rings. The fourth-order valence-electron chi connectivity index (χ4n) is 2.34. The van der Waals surface area contributed by atoms with Crippen molar-refractivity contribution in [3.8, 4) is 11.5 Å². The third kappa shape index (κ3) is 4.79. The lowest BCUT2D eigenvalue weighted by Crippen LogP contribution is -2.38. The second kappa shape index (κ2) is 7.42. The molecule has 0 bridgehead atoms. The molecule has 1 N–H and O–H groups in total. The molecule has 1 aromatic rings. The molecular formula is C19H20F3NO2Si. The van der Waals surface area contributed by atoms with E-state index in [1.165, 1.54) is 24.3 Å². The van der Waals surface area contributed by atoms with E-state index in [1.807, 2.05) is 19.6 Å². The number of hydrogen-bond acceptors (Lipinski definition) is 3. The monoisotopic (exact) mass is 379 g/mol. The molecule has 0 saturated heterocycles. The minimum Gasteiger partial charge on any atom is -0.466 e. The van der Waals surface area contributed by atoms with Crippen LogP contribution in [0.25, 0.3) is 0 Å². The van der Waals surface area contributed by atoms with Crippen LogP contribution in [-0.2, 0) is 9.53 Å². The molecule has 0 aromatic heterocycles. The number of halogens is 3. The van der Waals surface area contributed by atoms with Crippen molar-refractivity contribution in [3.63, 3.8) is 0 Å². The second-order valence-electron chi connectivity index (χ2n) is 7.00. The number of methoxy groups -OCH3 is 1. The number of alkyl halides is 1. The van der Waals surface area contributed by atoms with Gasteiger partial charge in [-0.3, -0.25) is 0 Å². The third-order valence-electron chi connectivity index (χ3n) is 3.52. The first-order valence-corrected chi connectivity index (χ1v) is 11.5. The van der Waals surface area contributed by atoms with Gasteiger partial charge in [-0.1, -0.05) is 31.6 Å². The first-order chi connectivity index (χ1) is 12.0. The van der Waals surface area contributed by atoms with E-state index >= 15 is 4.39 Å². The first kappa shape index (κ1) is 19.9. The van der Waals surface area contributed by atoms with Crippen LogP contribution in [0.5, 0.6) is 0 Å². The largest absolute Gasteiger partial charge is 0.466 e. The number of ether oxygens (including phenoxy) is 1. The average Bonchev–Trinajstić information content (AvgIpc) is 2.54. The predicted molar refractivity (Wildman–Crippen MR) is 97.8 cm³/mol. The Morgan fingerprint density at radius 1 is 1.31 bits per heavy atom. The van der Waals surface area contributed by atoms with E-state index in [1.54, 1.807) is 0 Å².